The normalized spacial score (nSPS) is 15.5. The molecule has 130 valence electrons. The quantitative estimate of drug-likeness (QED) is 0.778. The van der Waals surface area contributed by atoms with E-state index in [9.17, 15) is 4.79 Å². The molecule has 1 atom stereocenters. The number of rotatable bonds is 5. The van der Waals surface area contributed by atoms with Crippen molar-refractivity contribution in [1.82, 2.24) is 24.6 Å². The zero-order chi connectivity index (χ0) is 17.6. The predicted molar refractivity (Wildman–Crippen MR) is 96.3 cm³/mol. The predicted octanol–water partition coefficient (Wildman–Crippen LogP) is 2.98. The summed E-state index contributed by atoms with van der Waals surface area (Å²) in [6.07, 6.45) is 2.52. The average molecular weight is 337 g/mol. The highest BCUT2D eigenvalue weighted by Crippen LogP contribution is 2.39. The second-order valence-corrected chi connectivity index (χ2v) is 6.95. The number of imidazole rings is 1. The molecule has 2 aromatic heterocycles. The summed E-state index contributed by atoms with van der Waals surface area (Å²) in [6.45, 7) is 4.57. The van der Waals surface area contributed by atoms with Crippen LogP contribution in [0.4, 0.5) is 0 Å². The Morgan fingerprint density at radius 2 is 2.12 bits per heavy atom. The van der Waals surface area contributed by atoms with Crippen LogP contribution in [0.2, 0.25) is 0 Å². The van der Waals surface area contributed by atoms with Gasteiger partial charge in [0, 0.05) is 12.7 Å². The van der Waals surface area contributed by atoms with Crippen LogP contribution < -0.4 is 5.32 Å². The molecule has 0 saturated heterocycles. The van der Waals surface area contributed by atoms with Crippen LogP contribution in [-0.4, -0.2) is 25.2 Å². The van der Waals surface area contributed by atoms with Crippen molar-refractivity contribution in [1.29, 1.82) is 0 Å². The van der Waals surface area contributed by atoms with E-state index in [-0.39, 0.29) is 5.91 Å². The van der Waals surface area contributed by atoms with Gasteiger partial charge in [-0.3, -0.25) is 9.48 Å². The number of aryl methyl sites for hydroxylation is 2. The molecule has 1 N–H and O–H groups in total. The number of benzene rings is 1. The van der Waals surface area contributed by atoms with E-state index in [0.717, 1.165) is 22.6 Å². The summed E-state index contributed by atoms with van der Waals surface area (Å²) < 4.78 is 4.00. The van der Waals surface area contributed by atoms with Gasteiger partial charge < -0.3 is 9.88 Å². The molecule has 0 spiro atoms. The van der Waals surface area contributed by atoms with Gasteiger partial charge in [-0.2, -0.15) is 5.10 Å². The van der Waals surface area contributed by atoms with E-state index in [1.54, 1.807) is 0 Å². The third-order valence-electron chi connectivity index (χ3n) is 5.13. The zero-order valence-corrected chi connectivity index (χ0v) is 14.9. The average Bonchev–Trinajstić information content (AvgIpc) is 3.32. The van der Waals surface area contributed by atoms with Gasteiger partial charge in [0.2, 0.25) is 0 Å². The number of aromatic nitrogens is 4. The molecular formula is C19H23N5O. The smallest absolute Gasteiger partial charge is 0.272 e. The first-order chi connectivity index (χ1) is 12.0. The van der Waals surface area contributed by atoms with E-state index in [1.165, 1.54) is 12.8 Å². The third-order valence-corrected chi connectivity index (χ3v) is 5.13. The van der Waals surface area contributed by atoms with E-state index >= 15 is 0 Å². The summed E-state index contributed by atoms with van der Waals surface area (Å²) in [5.74, 6) is 1.38. The van der Waals surface area contributed by atoms with Crippen molar-refractivity contribution in [2.45, 2.75) is 39.3 Å². The van der Waals surface area contributed by atoms with Crippen molar-refractivity contribution >= 4 is 16.9 Å². The van der Waals surface area contributed by atoms with Crippen LogP contribution >= 0.6 is 0 Å². The molecule has 1 fully saturated rings. The largest absolute Gasteiger partial charge is 0.343 e. The Kier molecular flexibility index (Phi) is 3.82. The Hall–Kier alpha value is -2.63. The van der Waals surface area contributed by atoms with Crippen LogP contribution in [0.25, 0.3) is 11.0 Å². The first kappa shape index (κ1) is 15.9. The standard InChI is InChI=1S/C19H23N5O/c1-12-10-16(22-24(12)13(2)14-8-9-14)19(25)20-11-18-21-15-6-4-5-7-17(15)23(18)3/h4-7,10,13-14H,8-9,11H2,1-3H3,(H,20,25). The molecule has 1 unspecified atom stereocenters. The number of nitrogens with one attached hydrogen (secondary N) is 1. The maximum atomic E-state index is 12.5. The number of fused-ring (bicyclic) bond motifs is 1. The molecule has 2 heterocycles. The Labute approximate surface area is 146 Å². The van der Waals surface area contributed by atoms with Crippen LogP contribution in [-0.2, 0) is 13.6 Å². The number of hydrogen-bond donors (Lipinski definition) is 1. The fourth-order valence-corrected chi connectivity index (χ4v) is 3.39. The van der Waals surface area contributed by atoms with E-state index in [1.807, 2.05) is 53.6 Å². The van der Waals surface area contributed by atoms with E-state index in [0.29, 0.717) is 24.2 Å². The number of carbonyl (C=O) groups excluding carboxylic acids is 1. The number of nitrogens with zero attached hydrogens (tertiary/aromatic N) is 4. The van der Waals surface area contributed by atoms with Crippen molar-refractivity contribution in [2.24, 2.45) is 13.0 Å². The van der Waals surface area contributed by atoms with Gasteiger partial charge in [-0.25, -0.2) is 4.98 Å². The van der Waals surface area contributed by atoms with Crippen LogP contribution in [0.15, 0.2) is 30.3 Å². The summed E-state index contributed by atoms with van der Waals surface area (Å²) in [7, 11) is 1.97. The molecule has 0 aliphatic heterocycles. The van der Waals surface area contributed by atoms with Gasteiger partial charge in [0.05, 0.1) is 23.6 Å². The lowest BCUT2D eigenvalue weighted by atomic mass is 10.2. The Morgan fingerprint density at radius 3 is 2.84 bits per heavy atom. The molecule has 1 amide bonds. The third kappa shape index (κ3) is 2.92. The fraction of sp³-hybridized carbons (Fsp3) is 0.421. The van der Waals surface area contributed by atoms with Crippen molar-refractivity contribution in [3.8, 4) is 0 Å². The van der Waals surface area contributed by atoms with E-state index in [4.69, 9.17) is 0 Å². The highest BCUT2D eigenvalue weighted by Gasteiger charge is 2.30. The SMILES string of the molecule is Cc1cc(C(=O)NCc2nc3ccccc3n2C)nn1C(C)C1CC1. The summed E-state index contributed by atoms with van der Waals surface area (Å²) >= 11 is 0. The Morgan fingerprint density at radius 1 is 1.36 bits per heavy atom. The number of hydrogen-bond acceptors (Lipinski definition) is 3. The molecule has 25 heavy (non-hydrogen) atoms. The van der Waals surface area contributed by atoms with E-state index in [2.05, 4.69) is 22.3 Å². The molecule has 0 bridgehead atoms. The summed E-state index contributed by atoms with van der Waals surface area (Å²) in [5, 5.41) is 7.47. The van der Waals surface area contributed by atoms with Crippen molar-refractivity contribution in [3.63, 3.8) is 0 Å². The number of amides is 1. The van der Waals surface area contributed by atoms with Gasteiger partial charge in [-0.1, -0.05) is 12.1 Å². The fourth-order valence-electron chi connectivity index (χ4n) is 3.39. The summed E-state index contributed by atoms with van der Waals surface area (Å²) in [4.78, 5) is 17.1. The minimum atomic E-state index is -0.156. The molecule has 0 radical (unpaired) electrons. The lowest BCUT2D eigenvalue weighted by Gasteiger charge is -2.12. The van der Waals surface area contributed by atoms with Crippen molar-refractivity contribution in [3.05, 3.63) is 47.5 Å². The second kappa shape index (κ2) is 6.02. The number of carbonyl (C=O) groups is 1. The monoisotopic (exact) mass is 337 g/mol. The van der Waals surface area contributed by atoms with Crippen molar-refractivity contribution in [2.75, 3.05) is 0 Å². The van der Waals surface area contributed by atoms with Crippen LogP contribution in [0.1, 0.15) is 47.8 Å². The highest BCUT2D eigenvalue weighted by atomic mass is 16.1. The molecule has 6 nitrogen and oxygen atoms in total. The van der Waals surface area contributed by atoms with Gasteiger partial charge in [-0.15, -0.1) is 0 Å². The first-order valence-electron chi connectivity index (χ1n) is 8.79. The van der Waals surface area contributed by atoms with Crippen LogP contribution in [0, 0.1) is 12.8 Å². The van der Waals surface area contributed by atoms with Crippen LogP contribution in [0.5, 0.6) is 0 Å². The van der Waals surface area contributed by atoms with Gasteiger partial charge in [0.25, 0.3) is 5.91 Å². The maximum absolute atomic E-state index is 12.5. The van der Waals surface area contributed by atoms with Gasteiger partial charge in [0.1, 0.15) is 11.5 Å². The molecule has 1 saturated carbocycles. The van der Waals surface area contributed by atoms with Gasteiger partial charge >= 0.3 is 0 Å². The highest BCUT2D eigenvalue weighted by molar-refractivity contribution is 5.92. The van der Waals surface area contributed by atoms with E-state index < -0.39 is 0 Å². The first-order valence-corrected chi connectivity index (χ1v) is 8.79. The molecule has 6 heteroatoms. The Bertz CT molecular complexity index is 935. The topological polar surface area (TPSA) is 64.7 Å². The lowest BCUT2D eigenvalue weighted by Crippen LogP contribution is -2.25. The minimum absolute atomic E-state index is 0.156. The summed E-state index contributed by atoms with van der Waals surface area (Å²) in [6, 6.07) is 10.2. The molecule has 1 aliphatic rings. The molecule has 3 aromatic rings. The zero-order valence-electron chi connectivity index (χ0n) is 14.9. The van der Waals surface area contributed by atoms with Gasteiger partial charge in [-0.05, 0) is 50.8 Å². The summed E-state index contributed by atoms with van der Waals surface area (Å²) in [5.41, 5.74) is 3.51. The maximum Gasteiger partial charge on any atom is 0.272 e. The lowest BCUT2D eigenvalue weighted by molar-refractivity contribution is 0.0943. The molecular weight excluding hydrogens is 314 g/mol. The Balaban J connectivity index is 1.48. The minimum Gasteiger partial charge on any atom is -0.343 e. The second-order valence-electron chi connectivity index (χ2n) is 6.95. The van der Waals surface area contributed by atoms with Gasteiger partial charge in [0.15, 0.2) is 0 Å². The van der Waals surface area contributed by atoms with Crippen molar-refractivity contribution < 1.29 is 4.79 Å². The van der Waals surface area contributed by atoms with Crippen LogP contribution in [0.3, 0.4) is 0 Å². The molecule has 1 aromatic carbocycles. The molecule has 4 rings (SSSR count). The number of para-hydroxylation sites is 2. The molecule has 1 aliphatic carbocycles.